The van der Waals surface area contributed by atoms with Crippen molar-refractivity contribution < 1.29 is 23.1 Å². The third-order valence-electron chi connectivity index (χ3n) is 7.43. The Morgan fingerprint density at radius 3 is 2.48 bits per heavy atom. The first-order valence-electron chi connectivity index (χ1n) is 14.0. The quantitative estimate of drug-likeness (QED) is 0.283. The van der Waals surface area contributed by atoms with Gasteiger partial charge in [0.15, 0.2) is 0 Å². The number of benzene rings is 1. The second-order valence-corrected chi connectivity index (χ2v) is 10.5. The Morgan fingerprint density at radius 2 is 1.75 bits per heavy atom. The van der Waals surface area contributed by atoms with Crippen LogP contribution in [0.25, 0.3) is 11.0 Å². The zero-order valence-corrected chi connectivity index (χ0v) is 24.2. The van der Waals surface area contributed by atoms with Gasteiger partial charge < -0.3 is 16.2 Å². The molecule has 0 saturated carbocycles. The summed E-state index contributed by atoms with van der Waals surface area (Å²) in [5, 5.41) is 11.7. The van der Waals surface area contributed by atoms with Crippen molar-refractivity contribution >= 4 is 28.4 Å². The number of aliphatic hydroxyl groups excluding tert-OH is 1. The Morgan fingerprint density at radius 1 is 1.02 bits per heavy atom. The second kappa shape index (κ2) is 12.9. The summed E-state index contributed by atoms with van der Waals surface area (Å²) in [6, 6.07) is 5.30. The third-order valence-corrected chi connectivity index (χ3v) is 7.43. The van der Waals surface area contributed by atoms with Crippen molar-refractivity contribution in [3.05, 3.63) is 82.1 Å². The molecule has 5 rings (SSSR count). The maximum absolute atomic E-state index is 14.0. The fourth-order valence-electron chi connectivity index (χ4n) is 4.91. The van der Waals surface area contributed by atoms with Crippen LogP contribution in [0.3, 0.4) is 0 Å². The first-order chi connectivity index (χ1) is 21.0. The monoisotopic (exact) mass is 604 g/mol. The molecule has 13 heteroatoms. The maximum atomic E-state index is 14.0. The van der Waals surface area contributed by atoms with Crippen LogP contribution in [0.15, 0.2) is 42.9 Å². The van der Waals surface area contributed by atoms with Gasteiger partial charge in [0.05, 0.1) is 40.9 Å². The second-order valence-electron chi connectivity index (χ2n) is 10.5. The number of aliphatic hydroxyl groups is 1. The first-order valence-corrected chi connectivity index (χ1v) is 14.0. The van der Waals surface area contributed by atoms with E-state index in [1.54, 1.807) is 0 Å². The van der Waals surface area contributed by atoms with Crippen LogP contribution in [0, 0.1) is 25.7 Å². The molecule has 44 heavy (non-hydrogen) atoms. The lowest BCUT2D eigenvalue weighted by molar-refractivity contribution is -0.138. The number of hydrogen-bond donors (Lipinski definition) is 3. The highest BCUT2D eigenvalue weighted by atomic mass is 19.4. The summed E-state index contributed by atoms with van der Waals surface area (Å²) in [4.78, 5) is 34.3. The largest absolute Gasteiger partial charge is 0.416 e. The van der Waals surface area contributed by atoms with Crippen molar-refractivity contribution in [1.82, 2.24) is 29.7 Å². The number of β-amino-alcohol motifs (C(OH)–C–C–N with tert-alkyl or cyclic N) is 1. The number of nitrogens with one attached hydrogen (secondary N) is 1. The Bertz CT molecular complexity index is 1760. The van der Waals surface area contributed by atoms with E-state index < -0.39 is 17.6 Å². The van der Waals surface area contributed by atoms with Gasteiger partial charge in [-0.1, -0.05) is 17.9 Å². The van der Waals surface area contributed by atoms with Crippen LogP contribution < -0.4 is 11.1 Å². The van der Waals surface area contributed by atoms with E-state index in [1.807, 2.05) is 18.7 Å². The zero-order valence-electron chi connectivity index (χ0n) is 24.2. The highest BCUT2D eigenvalue weighted by Gasteiger charge is 2.34. The number of rotatable bonds is 6. The van der Waals surface area contributed by atoms with Crippen LogP contribution in [-0.2, 0) is 12.7 Å². The molecule has 4 heterocycles. The molecule has 0 unspecified atom stereocenters. The number of hydrogen-bond acceptors (Lipinski definition) is 9. The molecule has 0 radical (unpaired) electrons. The lowest BCUT2D eigenvalue weighted by Gasteiger charge is -2.34. The SMILES string of the molecule is Cc1nc2cnc(N)c(C#Cc3cncc(C(=O)Nc4ccc(CN5CCN(CCO)CC5)c(C(F)(F)F)c4)c3)c2nc1C. The van der Waals surface area contributed by atoms with Gasteiger partial charge >= 0.3 is 6.18 Å². The Kier molecular flexibility index (Phi) is 9.05. The number of alkyl halides is 3. The number of aromatic nitrogens is 4. The molecule has 1 fully saturated rings. The molecule has 4 aromatic rings. The Labute approximate surface area is 252 Å². The number of piperazine rings is 1. The van der Waals surface area contributed by atoms with Crippen molar-refractivity contribution in [2.75, 3.05) is 50.4 Å². The van der Waals surface area contributed by atoms with Gasteiger partial charge in [-0.25, -0.2) is 15.0 Å². The summed E-state index contributed by atoms with van der Waals surface area (Å²) in [6.07, 6.45) is -0.313. The molecule has 1 amide bonds. The van der Waals surface area contributed by atoms with Crippen LogP contribution in [0.5, 0.6) is 0 Å². The molecule has 1 aromatic carbocycles. The molecular weight excluding hydrogens is 573 g/mol. The van der Waals surface area contributed by atoms with Gasteiger partial charge in [-0.3, -0.25) is 19.6 Å². The summed E-state index contributed by atoms with van der Waals surface area (Å²) in [6.45, 7) is 6.93. The molecule has 3 aromatic heterocycles. The number of amides is 1. The predicted molar refractivity (Wildman–Crippen MR) is 160 cm³/mol. The Hall–Kier alpha value is -4.64. The van der Waals surface area contributed by atoms with Gasteiger partial charge in [0.1, 0.15) is 16.9 Å². The highest BCUT2D eigenvalue weighted by Crippen LogP contribution is 2.35. The van der Waals surface area contributed by atoms with Crippen molar-refractivity contribution in [3.8, 4) is 11.8 Å². The number of nitrogens with two attached hydrogens (primary N) is 1. The minimum absolute atomic E-state index is 0.00849. The van der Waals surface area contributed by atoms with E-state index in [1.165, 1.54) is 36.8 Å². The first kappa shape index (κ1) is 30.8. The molecule has 1 saturated heterocycles. The normalized spacial score (nSPS) is 14.3. The van der Waals surface area contributed by atoms with E-state index in [4.69, 9.17) is 10.8 Å². The van der Waals surface area contributed by atoms with Crippen LogP contribution >= 0.6 is 0 Å². The topological polar surface area (TPSA) is 133 Å². The maximum Gasteiger partial charge on any atom is 0.416 e. The fraction of sp³-hybridized carbons (Fsp3) is 0.323. The average molecular weight is 605 g/mol. The number of nitrogens with zero attached hydrogens (tertiary/aromatic N) is 6. The van der Waals surface area contributed by atoms with Gasteiger partial charge in [0, 0.05) is 62.9 Å². The van der Waals surface area contributed by atoms with Gasteiger partial charge in [0.2, 0.25) is 0 Å². The number of carbonyl (C=O) groups excluding carboxylic acids is 1. The molecule has 1 aliphatic heterocycles. The van der Waals surface area contributed by atoms with E-state index in [2.05, 4.69) is 42.0 Å². The molecule has 4 N–H and O–H groups in total. The number of nitrogen functional groups attached to an aromatic ring is 1. The zero-order chi connectivity index (χ0) is 31.4. The van der Waals surface area contributed by atoms with E-state index in [9.17, 15) is 18.0 Å². The molecule has 0 spiro atoms. The van der Waals surface area contributed by atoms with E-state index in [0.29, 0.717) is 54.9 Å². The molecule has 0 atom stereocenters. The average Bonchev–Trinajstić information content (AvgIpc) is 2.99. The molecule has 0 aliphatic carbocycles. The van der Waals surface area contributed by atoms with Gasteiger partial charge in [-0.05, 0) is 37.6 Å². The lowest BCUT2D eigenvalue weighted by atomic mass is 10.0. The number of fused-ring (bicyclic) bond motifs is 1. The standard InChI is InChI=1S/C31H31F3N8O2/c1-19-20(2)39-28-25(29(35)37-17-27(28)38-19)6-3-21-13-23(16-36-15-21)30(44)40-24-5-4-22(26(14-24)31(32,33)34)18-42-9-7-41(8-10-42)11-12-43/h4-5,13-17,43H,7-12,18H2,1-2H3,(H2,35,37)(H,40,44). The molecule has 0 bridgehead atoms. The van der Waals surface area contributed by atoms with Crippen LogP contribution in [0.1, 0.15) is 44.0 Å². The highest BCUT2D eigenvalue weighted by molar-refractivity contribution is 6.04. The fourth-order valence-corrected chi connectivity index (χ4v) is 4.91. The van der Waals surface area contributed by atoms with Gasteiger partial charge in [0.25, 0.3) is 5.91 Å². The summed E-state index contributed by atoms with van der Waals surface area (Å²) in [5.74, 6) is 5.42. The minimum atomic E-state index is -4.61. The Balaban J connectivity index is 1.33. The summed E-state index contributed by atoms with van der Waals surface area (Å²) in [5.41, 5.74) is 8.83. The smallest absolute Gasteiger partial charge is 0.395 e. The van der Waals surface area contributed by atoms with Crippen LogP contribution in [-0.4, -0.2) is 80.1 Å². The summed E-state index contributed by atoms with van der Waals surface area (Å²) >= 11 is 0. The minimum Gasteiger partial charge on any atom is -0.395 e. The van der Waals surface area contributed by atoms with Crippen molar-refractivity contribution in [2.45, 2.75) is 26.6 Å². The molecule has 228 valence electrons. The van der Waals surface area contributed by atoms with Crippen LogP contribution in [0.4, 0.5) is 24.7 Å². The van der Waals surface area contributed by atoms with E-state index in [0.717, 1.165) is 17.5 Å². The number of carbonyl (C=O) groups is 1. The van der Waals surface area contributed by atoms with Gasteiger partial charge in [-0.15, -0.1) is 0 Å². The van der Waals surface area contributed by atoms with Gasteiger partial charge in [-0.2, -0.15) is 13.2 Å². The molecular formula is C31H31F3N8O2. The number of pyridine rings is 2. The predicted octanol–water partition coefficient (Wildman–Crippen LogP) is 3.40. The third kappa shape index (κ3) is 7.11. The summed E-state index contributed by atoms with van der Waals surface area (Å²) < 4.78 is 42.1. The summed E-state index contributed by atoms with van der Waals surface area (Å²) in [7, 11) is 0. The van der Waals surface area contributed by atoms with Crippen molar-refractivity contribution in [3.63, 3.8) is 0 Å². The van der Waals surface area contributed by atoms with Crippen molar-refractivity contribution in [1.29, 1.82) is 0 Å². The molecule has 1 aliphatic rings. The van der Waals surface area contributed by atoms with E-state index in [-0.39, 0.29) is 35.8 Å². The number of halogens is 3. The lowest BCUT2D eigenvalue weighted by Crippen LogP contribution is -2.46. The number of aryl methyl sites for hydroxylation is 2. The molecule has 10 nitrogen and oxygen atoms in total. The van der Waals surface area contributed by atoms with E-state index >= 15 is 0 Å². The van der Waals surface area contributed by atoms with Crippen molar-refractivity contribution in [2.24, 2.45) is 0 Å². The van der Waals surface area contributed by atoms with Crippen LogP contribution in [0.2, 0.25) is 0 Å². The number of anilines is 2.